The monoisotopic (exact) mass is 495 g/mol. The van der Waals surface area contributed by atoms with Crippen molar-refractivity contribution < 1.29 is 29.0 Å². The third kappa shape index (κ3) is 16.1. The van der Waals surface area contributed by atoms with E-state index in [1.165, 1.54) is 14.7 Å². The van der Waals surface area contributed by atoms with E-state index in [9.17, 15) is 19.5 Å². The first-order valence-corrected chi connectivity index (χ1v) is 11.9. The van der Waals surface area contributed by atoms with Crippen LogP contribution in [0.5, 0.6) is 0 Å². The van der Waals surface area contributed by atoms with Crippen LogP contribution in [0.1, 0.15) is 73.6 Å². The summed E-state index contributed by atoms with van der Waals surface area (Å²) >= 11 is 0. The molecule has 0 aliphatic rings. The van der Waals surface area contributed by atoms with Crippen molar-refractivity contribution in [2.75, 3.05) is 39.3 Å². The van der Waals surface area contributed by atoms with Crippen molar-refractivity contribution in [1.82, 2.24) is 14.7 Å². The molecule has 1 N–H and O–H groups in total. The average molecular weight is 496 g/mol. The number of unbranched alkanes of at least 4 members (excludes halogenated alkanes) is 1. The van der Waals surface area contributed by atoms with Gasteiger partial charge in [0.2, 0.25) is 0 Å². The van der Waals surface area contributed by atoms with E-state index in [2.05, 4.69) is 0 Å². The highest BCUT2D eigenvalue weighted by Crippen LogP contribution is 2.12. The fourth-order valence-electron chi connectivity index (χ4n) is 2.97. The predicted octanol–water partition coefficient (Wildman–Crippen LogP) is 4.44. The number of carbonyl (C=O) groups excluding carboxylic acids is 2. The van der Waals surface area contributed by atoms with Gasteiger partial charge in [-0.3, -0.25) is 0 Å². The van der Waals surface area contributed by atoms with Crippen molar-refractivity contribution in [3.05, 3.63) is 0 Å². The molecule has 0 bridgehead atoms. The van der Waals surface area contributed by atoms with Crippen LogP contribution in [0, 0.1) is 22.7 Å². The Morgan fingerprint density at radius 1 is 0.657 bits per heavy atom. The molecular weight excluding hydrogens is 454 g/mol. The van der Waals surface area contributed by atoms with Crippen LogP contribution in [-0.4, -0.2) is 88.6 Å². The van der Waals surface area contributed by atoms with Crippen LogP contribution in [-0.2, 0) is 9.47 Å². The third-order valence-electron chi connectivity index (χ3n) is 4.52. The molecule has 198 valence electrons. The topological polar surface area (TPSA) is 147 Å². The normalized spacial score (nSPS) is 11.1. The molecule has 0 aromatic carbocycles. The summed E-state index contributed by atoms with van der Waals surface area (Å²) in [6.07, 6.45) is -0.315. The molecular formula is C24H41N5O6. The van der Waals surface area contributed by atoms with Crippen molar-refractivity contribution in [2.24, 2.45) is 0 Å². The zero-order chi connectivity index (χ0) is 27.1. The summed E-state index contributed by atoms with van der Waals surface area (Å²) in [4.78, 5) is 40.5. The summed E-state index contributed by atoms with van der Waals surface area (Å²) in [6.45, 7) is 12.1. The van der Waals surface area contributed by atoms with Gasteiger partial charge in [0.05, 0.1) is 25.0 Å². The highest BCUT2D eigenvalue weighted by Gasteiger charge is 2.23. The molecule has 11 nitrogen and oxygen atoms in total. The molecule has 35 heavy (non-hydrogen) atoms. The molecule has 11 heteroatoms. The van der Waals surface area contributed by atoms with Crippen LogP contribution < -0.4 is 0 Å². The first-order valence-electron chi connectivity index (χ1n) is 11.9. The predicted molar refractivity (Wildman–Crippen MR) is 130 cm³/mol. The van der Waals surface area contributed by atoms with Gasteiger partial charge in [-0.25, -0.2) is 14.4 Å². The number of hydrogen-bond acceptors (Lipinski definition) is 7. The second kappa shape index (κ2) is 15.6. The molecule has 0 radical (unpaired) electrons. The molecule has 0 atom stereocenters. The Bertz CT molecular complexity index is 760. The lowest BCUT2D eigenvalue weighted by Gasteiger charge is -2.28. The number of carboxylic acid groups (broad SMARTS) is 1. The second-order valence-corrected chi connectivity index (χ2v) is 10.1. The molecule has 0 saturated carbocycles. The minimum absolute atomic E-state index is 0.155. The maximum absolute atomic E-state index is 12.4. The molecule has 0 spiro atoms. The Balaban J connectivity index is 4.75. The smallest absolute Gasteiger partial charge is 0.410 e. The summed E-state index contributed by atoms with van der Waals surface area (Å²) in [5.74, 6) is 0. The van der Waals surface area contributed by atoms with Crippen LogP contribution in [0.2, 0.25) is 0 Å². The minimum atomic E-state index is -1.07. The number of carbonyl (C=O) groups is 3. The Morgan fingerprint density at radius 3 is 1.34 bits per heavy atom. The van der Waals surface area contributed by atoms with Gasteiger partial charge in [-0.1, -0.05) is 0 Å². The van der Waals surface area contributed by atoms with Crippen LogP contribution in [0.15, 0.2) is 0 Å². The number of nitrogens with zero attached hydrogens (tertiary/aromatic N) is 5. The van der Waals surface area contributed by atoms with Crippen molar-refractivity contribution in [2.45, 2.75) is 84.8 Å². The first-order chi connectivity index (χ1) is 16.2. The largest absolute Gasteiger partial charge is 0.465 e. The lowest BCUT2D eigenvalue weighted by atomic mass is 10.2. The van der Waals surface area contributed by atoms with E-state index in [1.807, 2.05) is 12.1 Å². The lowest BCUT2D eigenvalue weighted by Crippen LogP contribution is -2.40. The maximum atomic E-state index is 12.4. The fraction of sp³-hybridized carbons (Fsp3) is 0.792. The van der Waals surface area contributed by atoms with Gasteiger partial charge in [-0.15, -0.1) is 0 Å². The van der Waals surface area contributed by atoms with E-state index in [0.29, 0.717) is 25.8 Å². The molecule has 0 aromatic rings. The number of nitriles is 2. The zero-order valence-corrected chi connectivity index (χ0v) is 22.0. The van der Waals surface area contributed by atoms with Crippen LogP contribution in [0.25, 0.3) is 0 Å². The molecule has 0 unspecified atom stereocenters. The van der Waals surface area contributed by atoms with E-state index < -0.39 is 29.5 Å². The summed E-state index contributed by atoms with van der Waals surface area (Å²) in [5.41, 5.74) is -1.32. The van der Waals surface area contributed by atoms with Crippen molar-refractivity contribution >= 4 is 18.3 Å². The summed E-state index contributed by atoms with van der Waals surface area (Å²) < 4.78 is 10.7. The second-order valence-electron chi connectivity index (χ2n) is 10.1. The molecule has 0 aliphatic heterocycles. The van der Waals surface area contributed by atoms with E-state index in [4.69, 9.17) is 20.0 Å². The quantitative estimate of drug-likeness (QED) is 0.369. The van der Waals surface area contributed by atoms with Crippen LogP contribution >= 0.6 is 0 Å². The minimum Gasteiger partial charge on any atom is -0.465 e. The Kier molecular flexibility index (Phi) is 14.2. The van der Waals surface area contributed by atoms with Gasteiger partial charge < -0.3 is 29.3 Å². The number of ether oxygens (including phenoxy) is 2. The van der Waals surface area contributed by atoms with Gasteiger partial charge in [0, 0.05) is 39.3 Å². The van der Waals surface area contributed by atoms with Crippen LogP contribution in [0.4, 0.5) is 14.4 Å². The van der Waals surface area contributed by atoms with Gasteiger partial charge in [0.15, 0.2) is 0 Å². The molecule has 0 aromatic heterocycles. The Labute approximate surface area is 209 Å². The van der Waals surface area contributed by atoms with Gasteiger partial charge in [-0.2, -0.15) is 10.5 Å². The summed E-state index contributed by atoms with van der Waals surface area (Å²) in [7, 11) is 0. The average Bonchev–Trinajstić information content (AvgIpc) is 2.71. The molecule has 0 fully saturated rings. The van der Waals surface area contributed by atoms with E-state index >= 15 is 0 Å². The Morgan fingerprint density at radius 2 is 1.00 bits per heavy atom. The molecule has 0 rings (SSSR count). The maximum Gasteiger partial charge on any atom is 0.410 e. The number of amides is 3. The number of hydrogen-bond donors (Lipinski definition) is 1. The Hall–Kier alpha value is -3.21. The summed E-state index contributed by atoms with van der Waals surface area (Å²) in [5, 5.41) is 27.2. The van der Waals surface area contributed by atoms with Crippen molar-refractivity contribution in [1.29, 1.82) is 10.5 Å². The molecule has 0 aliphatic carbocycles. The summed E-state index contributed by atoms with van der Waals surface area (Å²) in [6, 6.07) is 4.02. The number of rotatable bonds is 13. The van der Waals surface area contributed by atoms with Crippen molar-refractivity contribution in [3.8, 4) is 12.1 Å². The van der Waals surface area contributed by atoms with Crippen molar-refractivity contribution in [3.63, 3.8) is 0 Å². The zero-order valence-electron chi connectivity index (χ0n) is 22.0. The SMILES string of the molecule is CC(C)(C)OC(=O)N(CCC#N)CCCCN(CCCN(CCC#N)C(=O)OC(C)(C)C)C(=O)O. The van der Waals surface area contributed by atoms with Gasteiger partial charge in [-0.05, 0) is 60.8 Å². The fourth-order valence-corrected chi connectivity index (χ4v) is 2.97. The third-order valence-corrected chi connectivity index (χ3v) is 4.52. The molecule has 3 amide bonds. The lowest BCUT2D eigenvalue weighted by molar-refractivity contribution is 0.0234. The van der Waals surface area contributed by atoms with E-state index in [1.54, 1.807) is 41.5 Å². The van der Waals surface area contributed by atoms with E-state index in [0.717, 1.165) is 0 Å². The molecule has 0 heterocycles. The van der Waals surface area contributed by atoms with Gasteiger partial charge in [0.1, 0.15) is 11.2 Å². The first kappa shape index (κ1) is 31.8. The van der Waals surface area contributed by atoms with Gasteiger partial charge in [0.25, 0.3) is 0 Å². The van der Waals surface area contributed by atoms with E-state index in [-0.39, 0.29) is 45.6 Å². The highest BCUT2D eigenvalue weighted by atomic mass is 16.6. The standard InChI is InChI=1S/C24H41N5O6/c1-23(2,3)34-21(32)28(16-9-12-25)15-8-7-14-27(20(30)31)18-11-19-29(17-10-13-26)22(33)35-24(4,5)6/h7-11,14-19H2,1-6H3,(H,30,31). The molecule has 0 saturated heterocycles. The highest BCUT2D eigenvalue weighted by molar-refractivity contribution is 5.68. The van der Waals surface area contributed by atoms with Crippen LogP contribution in [0.3, 0.4) is 0 Å². The van der Waals surface area contributed by atoms with Gasteiger partial charge >= 0.3 is 18.3 Å².